The summed E-state index contributed by atoms with van der Waals surface area (Å²) >= 11 is 6.55. The molecule has 1 N–H and O–H groups in total. The highest BCUT2D eigenvalue weighted by atomic mass is 35.5. The Morgan fingerprint density at radius 1 is 1.05 bits per heavy atom. The van der Waals surface area contributed by atoms with E-state index in [-0.39, 0.29) is 44.5 Å². The molecule has 1 aliphatic rings. The third kappa shape index (κ3) is 4.43. The van der Waals surface area contributed by atoms with Gasteiger partial charge < -0.3 is 0 Å². The van der Waals surface area contributed by atoms with Gasteiger partial charge in [-0.25, -0.2) is 22.2 Å². The minimum Gasteiger partial charge on any atom is -0.277 e. The van der Waals surface area contributed by atoms with Crippen LogP contribution in [0.3, 0.4) is 0 Å². The Labute approximate surface area is 222 Å². The zero-order chi connectivity index (χ0) is 27.5. The van der Waals surface area contributed by atoms with E-state index in [0.29, 0.717) is 16.8 Å². The van der Waals surface area contributed by atoms with Crippen LogP contribution in [0.15, 0.2) is 64.4 Å². The summed E-state index contributed by atoms with van der Waals surface area (Å²) < 4.78 is 65.7. The summed E-state index contributed by atoms with van der Waals surface area (Å²) in [6, 6.07) is 11.8. The van der Waals surface area contributed by atoms with Gasteiger partial charge in [0.2, 0.25) is 0 Å². The largest absolute Gasteiger partial charge is 0.277 e. The van der Waals surface area contributed by atoms with E-state index in [0.717, 1.165) is 22.8 Å². The maximum atomic E-state index is 16.0. The van der Waals surface area contributed by atoms with Gasteiger partial charge in [-0.3, -0.25) is 14.3 Å². The van der Waals surface area contributed by atoms with Crippen LogP contribution < -0.4 is 5.56 Å². The molecule has 1 saturated carbocycles. The minimum absolute atomic E-state index is 0.0291. The fraction of sp³-hybridized carbons (Fsp3) is 0.214. The van der Waals surface area contributed by atoms with Crippen molar-refractivity contribution in [2.45, 2.75) is 37.0 Å². The molecule has 2 heterocycles. The van der Waals surface area contributed by atoms with Crippen molar-refractivity contribution < 1.29 is 17.4 Å². The molecule has 3 atom stereocenters. The van der Waals surface area contributed by atoms with E-state index < -0.39 is 26.9 Å². The zero-order valence-electron chi connectivity index (χ0n) is 20.7. The van der Waals surface area contributed by atoms with Gasteiger partial charge in [-0.05, 0) is 79.1 Å². The Balaban J connectivity index is 1.61. The molecule has 0 radical (unpaired) electrons. The number of nitrogens with one attached hydrogen (secondary N) is 1. The standard InChI is InChI=1S/C28H23ClF3N3O2S/c1-14-13-34-26(18-5-4-6-22(24(18)31)38(3,33)37)25(32)27(14)35-15(2)11-21(23(29)28(35)36)20-12-19(20)16-7-9-17(30)10-8-16/h4-11,13,19-20,33H,12H2,1-3H3/t19-,20+,38?/m1/s1. The van der Waals surface area contributed by atoms with Gasteiger partial charge in [0.05, 0.1) is 20.3 Å². The molecule has 4 aromatic rings. The van der Waals surface area contributed by atoms with E-state index in [1.54, 1.807) is 32.0 Å². The Bertz CT molecular complexity index is 1770. The summed E-state index contributed by atoms with van der Waals surface area (Å²) in [6.07, 6.45) is 3.14. The van der Waals surface area contributed by atoms with Crippen molar-refractivity contribution in [1.29, 1.82) is 4.78 Å². The summed E-state index contributed by atoms with van der Waals surface area (Å²) in [4.78, 5) is 17.2. The lowest BCUT2D eigenvalue weighted by molar-refractivity contribution is 0.586. The minimum atomic E-state index is -3.42. The first-order chi connectivity index (χ1) is 17.9. The topological polar surface area (TPSA) is 75.8 Å². The number of pyridine rings is 2. The Morgan fingerprint density at radius 3 is 2.39 bits per heavy atom. The number of aromatic nitrogens is 2. The molecule has 196 valence electrons. The van der Waals surface area contributed by atoms with Crippen LogP contribution in [-0.2, 0) is 9.73 Å². The van der Waals surface area contributed by atoms with Crippen molar-refractivity contribution in [3.63, 3.8) is 0 Å². The maximum Gasteiger partial charge on any atom is 0.274 e. The number of hydrogen-bond donors (Lipinski definition) is 1. The molecular formula is C28H23ClF3N3O2S. The second-order valence-electron chi connectivity index (χ2n) is 9.61. The molecule has 38 heavy (non-hydrogen) atoms. The quantitative estimate of drug-likeness (QED) is 0.290. The first kappa shape index (κ1) is 26.2. The van der Waals surface area contributed by atoms with E-state index in [9.17, 15) is 13.4 Å². The molecule has 10 heteroatoms. The van der Waals surface area contributed by atoms with Crippen LogP contribution in [-0.4, -0.2) is 20.0 Å². The maximum absolute atomic E-state index is 16.0. The zero-order valence-corrected chi connectivity index (χ0v) is 22.3. The first-order valence-corrected chi connectivity index (χ1v) is 14.1. The van der Waals surface area contributed by atoms with E-state index >= 15 is 8.78 Å². The number of aryl methyl sites for hydroxylation is 2. The van der Waals surface area contributed by atoms with Crippen LogP contribution in [0.25, 0.3) is 16.9 Å². The molecule has 2 aromatic carbocycles. The Morgan fingerprint density at radius 2 is 1.74 bits per heavy atom. The van der Waals surface area contributed by atoms with Gasteiger partial charge >= 0.3 is 0 Å². The molecule has 5 rings (SSSR count). The monoisotopic (exact) mass is 557 g/mol. The van der Waals surface area contributed by atoms with Crippen LogP contribution >= 0.6 is 11.6 Å². The van der Waals surface area contributed by atoms with Gasteiger partial charge in [-0.2, -0.15) is 0 Å². The third-order valence-corrected chi connectivity index (χ3v) is 8.42. The van der Waals surface area contributed by atoms with E-state index in [4.69, 9.17) is 16.4 Å². The van der Waals surface area contributed by atoms with Crippen LogP contribution in [0.2, 0.25) is 5.02 Å². The Hall–Kier alpha value is -3.43. The molecular weight excluding hydrogens is 535 g/mol. The molecule has 1 aliphatic carbocycles. The second kappa shape index (κ2) is 9.39. The average molecular weight is 558 g/mol. The average Bonchev–Trinajstić information content (AvgIpc) is 3.64. The highest BCUT2D eigenvalue weighted by Crippen LogP contribution is 2.55. The summed E-state index contributed by atoms with van der Waals surface area (Å²) in [5, 5.41) is -0.0459. The van der Waals surface area contributed by atoms with Gasteiger partial charge in [-0.1, -0.05) is 29.8 Å². The van der Waals surface area contributed by atoms with Gasteiger partial charge in [0.15, 0.2) is 5.82 Å². The summed E-state index contributed by atoms with van der Waals surface area (Å²) in [7, 11) is -3.42. The fourth-order valence-corrected chi connectivity index (χ4v) is 5.99. The second-order valence-corrected chi connectivity index (χ2v) is 12.1. The third-order valence-electron chi connectivity index (χ3n) is 6.89. The highest BCUT2D eigenvalue weighted by molar-refractivity contribution is 7.91. The van der Waals surface area contributed by atoms with Gasteiger partial charge in [0.1, 0.15) is 22.4 Å². The summed E-state index contributed by atoms with van der Waals surface area (Å²) in [5.74, 6) is -2.22. The van der Waals surface area contributed by atoms with Crippen molar-refractivity contribution in [3.8, 4) is 16.9 Å². The molecule has 1 unspecified atom stereocenters. The van der Waals surface area contributed by atoms with E-state index in [2.05, 4.69) is 4.98 Å². The summed E-state index contributed by atoms with van der Waals surface area (Å²) in [6.45, 7) is 3.23. The Kier molecular flexibility index (Phi) is 6.47. The van der Waals surface area contributed by atoms with E-state index in [1.165, 1.54) is 36.5 Å². The van der Waals surface area contributed by atoms with E-state index in [1.807, 2.05) is 0 Å². The van der Waals surface area contributed by atoms with Crippen molar-refractivity contribution in [2.75, 3.05) is 6.26 Å². The molecule has 1 fully saturated rings. The molecule has 0 aliphatic heterocycles. The predicted octanol–water partition coefficient (Wildman–Crippen LogP) is 6.89. The van der Waals surface area contributed by atoms with Crippen LogP contribution in [0.4, 0.5) is 13.2 Å². The number of benzene rings is 2. The SMILES string of the molecule is Cc1cnc(-c2cccc(S(C)(=N)=O)c2F)c(F)c1-n1c(C)cc([C@H]2C[C@@H]2c2ccc(F)cc2)c(Cl)c1=O. The van der Waals surface area contributed by atoms with Gasteiger partial charge in [0.25, 0.3) is 5.56 Å². The fourth-order valence-electron chi connectivity index (χ4n) is 4.92. The van der Waals surface area contributed by atoms with Crippen molar-refractivity contribution in [1.82, 2.24) is 9.55 Å². The first-order valence-electron chi connectivity index (χ1n) is 11.8. The highest BCUT2D eigenvalue weighted by Gasteiger charge is 2.41. The van der Waals surface area contributed by atoms with Gasteiger partial charge in [-0.15, -0.1) is 0 Å². The molecule has 5 nitrogen and oxygen atoms in total. The van der Waals surface area contributed by atoms with Crippen LogP contribution in [0.5, 0.6) is 0 Å². The molecule has 0 bridgehead atoms. The van der Waals surface area contributed by atoms with Crippen LogP contribution in [0, 0.1) is 36.1 Å². The molecule has 2 aromatic heterocycles. The molecule has 0 saturated heterocycles. The van der Waals surface area contributed by atoms with Crippen LogP contribution in [0.1, 0.15) is 40.6 Å². The van der Waals surface area contributed by atoms with Crippen molar-refractivity contribution in [2.24, 2.45) is 0 Å². The lowest BCUT2D eigenvalue weighted by Gasteiger charge is -2.18. The molecule has 0 amide bonds. The summed E-state index contributed by atoms with van der Waals surface area (Å²) in [5.41, 5.74) is 0.951. The lowest BCUT2D eigenvalue weighted by Crippen LogP contribution is -2.24. The normalized spacial score (nSPS) is 18.3. The van der Waals surface area contributed by atoms with Crippen molar-refractivity contribution in [3.05, 3.63) is 110 Å². The lowest BCUT2D eigenvalue weighted by atomic mass is 10.0. The predicted molar refractivity (Wildman–Crippen MR) is 141 cm³/mol. The van der Waals surface area contributed by atoms with Gasteiger partial charge in [0, 0.05) is 23.7 Å². The number of halogens is 4. The number of rotatable bonds is 5. The number of nitrogens with zero attached hydrogens (tertiary/aromatic N) is 2. The molecule has 0 spiro atoms. The van der Waals surface area contributed by atoms with Crippen molar-refractivity contribution >= 4 is 21.3 Å². The number of hydrogen-bond acceptors (Lipinski definition) is 4. The smallest absolute Gasteiger partial charge is 0.274 e.